The van der Waals surface area contributed by atoms with Crippen molar-refractivity contribution in [1.82, 2.24) is 24.9 Å². The quantitative estimate of drug-likeness (QED) is 0.210. The lowest BCUT2D eigenvalue weighted by Crippen LogP contribution is -1.96. The molecule has 0 N–H and O–H groups in total. The summed E-state index contributed by atoms with van der Waals surface area (Å²) in [7, 11) is 0. The van der Waals surface area contributed by atoms with E-state index in [9.17, 15) is 0 Å². The average Bonchev–Trinajstić information content (AvgIpc) is 3.08. The van der Waals surface area contributed by atoms with Crippen LogP contribution in [0.25, 0.3) is 77.9 Å². The van der Waals surface area contributed by atoms with Crippen molar-refractivity contribution in [3.8, 4) is 45.0 Å². The van der Waals surface area contributed by atoms with Gasteiger partial charge in [-0.2, -0.15) is 0 Å². The molecule has 196 valence electrons. The number of hydrogen-bond acceptors (Lipinski definition) is 5. The van der Waals surface area contributed by atoms with Gasteiger partial charge in [0.25, 0.3) is 0 Å². The molecule has 0 unspecified atom stereocenters. The Bertz CT molecular complexity index is 2250. The van der Waals surface area contributed by atoms with Crippen LogP contribution in [0.5, 0.6) is 0 Å². The lowest BCUT2D eigenvalue weighted by Gasteiger charge is -2.12. The highest BCUT2D eigenvalue weighted by Crippen LogP contribution is 2.33. The molecule has 0 saturated carbocycles. The number of nitrogens with zero attached hydrogens (tertiary/aromatic N) is 5. The van der Waals surface area contributed by atoms with Crippen molar-refractivity contribution in [2.75, 3.05) is 0 Å². The second-order valence-corrected chi connectivity index (χ2v) is 10.2. The van der Waals surface area contributed by atoms with E-state index in [-0.39, 0.29) is 0 Å². The molecular weight excluding hydrogens is 514 g/mol. The van der Waals surface area contributed by atoms with E-state index >= 15 is 0 Å². The van der Waals surface area contributed by atoms with Crippen LogP contribution >= 0.6 is 0 Å². The highest BCUT2D eigenvalue weighted by molar-refractivity contribution is 6.04. The third-order valence-electron chi connectivity index (χ3n) is 7.51. The first-order valence-corrected chi connectivity index (χ1v) is 13.8. The van der Waals surface area contributed by atoms with Gasteiger partial charge in [0.1, 0.15) is 0 Å². The van der Waals surface area contributed by atoms with E-state index < -0.39 is 0 Å². The summed E-state index contributed by atoms with van der Waals surface area (Å²) in [6.45, 7) is 0. The molecule has 0 radical (unpaired) electrons. The van der Waals surface area contributed by atoms with Crippen molar-refractivity contribution >= 4 is 32.8 Å². The highest BCUT2D eigenvalue weighted by atomic mass is 14.8. The Morgan fingerprint density at radius 3 is 1.45 bits per heavy atom. The van der Waals surface area contributed by atoms with Gasteiger partial charge in [-0.25, -0.2) is 19.9 Å². The van der Waals surface area contributed by atoms with Crippen LogP contribution in [-0.2, 0) is 0 Å². The van der Waals surface area contributed by atoms with E-state index in [4.69, 9.17) is 19.9 Å². The first-order chi connectivity index (χ1) is 20.8. The minimum absolute atomic E-state index is 0.787. The zero-order chi connectivity index (χ0) is 27.9. The number of hydrogen-bond donors (Lipinski definition) is 0. The number of rotatable bonds is 4. The van der Waals surface area contributed by atoms with E-state index in [0.717, 1.165) is 77.9 Å². The fraction of sp³-hybridized carbons (Fsp3) is 0. The van der Waals surface area contributed by atoms with Gasteiger partial charge in [0.05, 0.1) is 44.8 Å². The SMILES string of the molecule is c1ccc(-c2ccc3ccc4ccc(-c5cncc(-c6nc7ccccc7nc6-c6ccccc6)c5)nc4c3n2)cc1. The number of pyridine rings is 3. The molecular formula is C37H23N5. The smallest absolute Gasteiger partial charge is 0.0988 e. The molecule has 0 aliphatic rings. The zero-order valence-electron chi connectivity index (χ0n) is 22.5. The standard InChI is InChI=1S/C37H23N5/c1-3-9-24(10-4-1)30-19-17-26-15-16-27-18-20-31(40-36(27)35(26)39-30)28-21-29(23-38-22-28)37-34(25-11-5-2-6-12-25)41-32-13-7-8-14-33(32)42-37/h1-23H. The number of benzene rings is 4. The van der Waals surface area contributed by atoms with E-state index in [0.29, 0.717) is 0 Å². The molecule has 0 spiro atoms. The first-order valence-electron chi connectivity index (χ1n) is 13.8. The normalized spacial score (nSPS) is 11.3. The maximum atomic E-state index is 5.14. The molecule has 0 saturated heterocycles. The topological polar surface area (TPSA) is 64.5 Å². The molecule has 4 heterocycles. The molecule has 8 aromatic rings. The van der Waals surface area contributed by atoms with E-state index in [1.54, 1.807) is 0 Å². The summed E-state index contributed by atoms with van der Waals surface area (Å²) in [6, 6.07) is 43.0. The van der Waals surface area contributed by atoms with Crippen LogP contribution in [0.2, 0.25) is 0 Å². The van der Waals surface area contributed by atoms with Crippen LogP contribution in [0.1, 0.15) is 0 Å². The Hall–Kier alpha value is -5.81. The van der Waals surface area contributed by atoms with Crippen LogP contribution in [0.4, 0.5) is 0 Å². The number of aromatic nitrogens is 5. The second-order valence-electron chi connectivity index (χ2n) is 10.2. The van der Waals surface area contributed by atoms with Crippen molar-refractivity contribution in [3.63, 3.8) is 0 Å². The summed E-state index contributed by atoms with van der Waals surface area (Å²) in [5, 5.41) is 2.09. The van der Waals surface area contributed by atoms with Gasteiger partial charge >= 0.3 is 0 Å². The Morgan fingerprint density at radius 2 is 0.833 bits per heavy atom. The molecule has 5 heteroatoms. The molecule has 0 atom stereocenters. The first kappa shape index (κ1) is 24.0. The molecule has 0 amide bonds. The van der Waals surface area contributed by atoms with Gasteiger partial charge < -0.3 is 0 Å². The van der Waals surface area contributed by atoms with Crippen molar-refractivity contribution in [2.45, 2.75) is 0 Å². The van der Waals surface area contributed by atoms with Crippen LogP contribution in [-0.4, -0.2) is 24.9 Å². The van der Waals surface area contributed by atoms with Crippen molar-refractivity contribution in [3.05, 3.63) is 140 Å². The Kier molecular flexibility index (Phi) is 5.71. The minimum Gasteiger partial charge on any atom is -0.263 e. The van der Waals surface area contributed by atoms with Crippen molar-refractivity contribution < 1.29 is 0 Å². The molecule has 4 aromatic heterocycles. The van der Waals surface area contributed by atoms with Crippen LogP contribution in [0, 0.1) is 0 Å². The summed E-state index contributed by atoms with van der Waals surface area (Å²) in [5.74, 6) is 0. The summed E-state index contributed by atoms with van der Waals surface area (Å²) >= 11 is 0. The summed E-state index contributed by atoms with van der Waals surface area (Å²) in [5.41, 5.74) is 10.7. The van der Waals surface area contributed by atoms with E-state index in [1.165, 1.54) is 0 Å². The number of para-hydroxylation sites is 2. The minimum atomic E-state index is 0.787. The molecule has 0 bridgehead atoms. The lowest BCUT2D eigenvalue weighted by atomic mass is 10.0. The van der Waals surface area contributed by atoms with E-state index in [2.05, 4.69) is 65.6 Å². The third kappa shape index (κ3) is 4.25. The Morgan fingerprint density at radius 1 is 0.357 bits per heavy atom. The van der Waals surface area contributed by atoms with Crippen molar-refractivity contribution in [1.29, 1.82) is 0 Å². The number of fused-ring (bicyclic) bond motifs is 4. The van der Waals surface area contributed by atoms with Crippen LogP contribution in [0.15, 0.2) is 140 Å². The molecule has 0 fully saturated rings. The maximum Gasteiger partial charge on any atom is 0.0988 e. The predicted molar refractivity (Wildman–Crippen MR) is 170 cm³/mol. The summed E-state index contributed by atoms with van der Waals surface area (Å²) < 4.78 is 0. The highest BCUT2D eigenvalue weighted by Gasteiger charge is 2.15. The molecule has 4 aromatic carbocycles. The maximum absolute atomic E-state index is 5.14. The molecule has 0 aliphatic carbocycles. The van der Waals surface area contributed by atoms with Gasteiger partial charge in [0.2, 0.25) is 0 Å². The average molecular weight is 538 g/mol. The van der Waals surface area contributed by atoms with Gasteiger partial charge in [-0.15, -0.1) is 0 Å². The largest absolute Gasteiger partial charge is 0.263 e. The van der Waals surface area contributed by atoms with Gasteiger partial charge in [-0.05, 0) is 30.3 Å². The van der Waals surface area contributed by atoms with Gasteiger partial charge in [-0.1, -0.05) is 97.1 Å². The summed E-state index contributed by atoms with van der Waals surface area (Å²) in [4.78, 5) is 24.9. The fourth-order valence-electron chi connectivity index (χ4n) is 5.41. The fourth-order valence-corrected chi connectivity index (χ4v) is 5.41. The van der Waals surface area contributed by atoms with Gasteiger partial charge in [0, 0.05) is 45.4 Å². The predicted octanol–water partition coefficient (Wildman–Crippen LogP) is 8.79. The van der Waals surface area contributed by atoms with Gasteiger partial charge in [-0.3, -0.25) is 4.98 Å². The molecule has 0 aliphatic heterocycles. The summed E-state index contributed by atoms with van der Waals surface area (Å²) in [6.07, 6.45) is 3.70. The van der Waals surface area contributed by atoms with Crippen molar-refractivity contribution in [2.24, 2.45) is 0 Å². The Balaban J connectivity index is 1.28. The van der Waals surface area contributed by atoms with Crippen LogP contribution < -0.4 is 0 Å². The third-order valence-corrected chi connectivity index (χ3v) is 7.51. The molecule has 42 heavy (non-hydrogen) atoms. The zero-order valence-corrected chi connectivity index (χ0v) is 22.5. The monoisotopic (exact) mass is 537 g/mol. The molecule has 5 nitrogen and oxygen atoms in total. The Labute approximate surface area is 242 Å². The van der Waals surface area contributed by atoms with Gasteiger partial charge in [0.15, 0.2) is 0 Å². The van der Waals surface area contributed by atoms with E-state index in [1.807, 2.05) is 79.1 Å². The second kappa shape index (κ2) is 9.98. The lowest BCUT2D eigenvalue weighted by molar-refractivity contribution is 1.26. The van der Waals surface area contributed by atoms with Crippen LogP contribution in [0.3, 0.4) is 0 Å². The molecule has 8 rings (SSSR count).